The number of aliphatic hydroxyl groups is 1. The fourth-order valence-electron chi connectivity index (χ4n) is 1.81. The van der Waals surface area contributed by atoms with Gasteiger partial charge in [0.05, 0.1) is 13.2 Å². The highest BCUT2D eigenvalue weighted by Crippen LogP contribution is 2.27. The number of ether oxygens (including phenoxy) is 2. The van der Waals surface area contributed by atoms with Crippen LogP contribution in [0.4, 0.5) is 0 Å². The summed E-state index contributed by atoms with van der Waals surface area (Å²) in [6, 6.07) is 5.51. The van der Waals surface area contributed by atoms with Crippen LogP contribution in [-0.4, -0.2) is 50.5 Å². The molecule has 0 aliphatic rings. The molecule has 0 aromatic heterocycles. The van der Waals surface area contributed by atoms with Crippen LogP contribution >= 0.6 is 0 Å². The number of nitrogens with two attached hydrogens (primary N) is 1. The Morgan fingerprint density at radius 1 is 1.32 bits per heavy atom. The molecule has 1 aromatic carbocycles. The first kappa shape index (κ1) is 18.2. The van der Waals surface area contributed by atoms with Crippen LogP contribution in [0.5, 0.6) is 11.5 Å². The Hall–Kier alpha value is -1.83. The second kappa shape index (κ2) is 9.99. The van der Waals surface area contributed by atoms with Crippen LogP contribution in [0.3, 0.4) is 0 Å². The van der Waals surface area contributed by atoms with Crippen LogP contribution in [-0.2, 0) is 11.3 Å². The number of amides is 1. The third-order valence-corrected chi connectivity index (χ3v) is 2.85. The van der Waals surface area contributed by atoms with Crippen LogP contribution in [0, 0.1) is 0 Å². The minimum atomic E-state index is -0.530. The van der Waals surface area contributed by atoms with Crippen molar-refractivity contribution < 1.29 is 19.4 Å². The number of hydrogen-bond acceptors (Lipinski definition) is 6. The van der Waals surface area contributed by atoms with Crippen molar-refractivity contribution in [3.63, 3.8) is 0 Å². The molecule has 1 atom stereocenters. The lowest BCUT2D eigenvalue weighted by Gasteiger charge is -2.12. The van der Waals surface area contributed by atoms with E-state index < -0.39 is 5.91 Å². The van der Waals surface area contributed by atoms with Crippen molar-refractivity contribution in [2.75, 3.05) is 33.4 Å². The highest BCUT2D eigenvalue weighted by molar-refractivity contribution is 5.75. The number of hydrogen-bond donors (Lipinski definition) is 4. The largest absolute Gasteiger partial charge is 0.493 e. The molecule has 124 valence electrons. The van der Waals surface area contributed by atoms with E-state index in [0.29, 0.717) is 24.6 Å². The number of methoxy groups -OCH3 is 1. The van der Waals surface area contributed by atoms with E-state index in [1.165, 1.54) is 0 Å². The van der Waals surface area contributed by atoms with Crippen LogP contribution in [0.15, 0.2) is 18.2 Å². The molecule has 0 radical (unpaired) electrons. The summed E-state index contributed by atoms with van der Waals surface area (Å²) in [5.74, 6) is 0.522. The predicted octanol–water partition coefficient (Wildman–Crippen LogP) is -0.381. The van der Waals surface area contributed by atoms with Crippen molar-refractivity contribution in [2.24, 2.45) is 5.73 Å². The molecule has 0 saturated heterocycles. The Balaban J connectivity index is 2.39. The number of rotatable bonds is 11. The van der Waals surface area contributed by atoms with E-state index >= 15 is 0 Å². The monoisotopic (exact) mass is 311 g/mol. The standard InChI is InChI=1S/C15H25N3O4/c1-11(19)8-17-5-6-18-9-12-3-4-13(14(7-12)21-2)22-10-15(16)20/h3-4,7,11,17-19H,5-6,8-10H2,1-2H3,(H2,16,20). The van der Waals surface area contributed by atoms with E-state index in [-0.39, 0.29) is 12.7 Å². The Morgan fingerprint density at radius 2 is 2.05 bits per heavy atom. The predicted molar refractivity (Wildman–Crippen MR) is 83.9 cm³/mol. The molecule has 0 aliphatic heterocycles. The molecule has 0 spiro atoms. The number of aliphatic hydroxyl groups excluding tert-OH is 1. The fraction of sp³-hybridized carbons (Fsp3) is 0.533. The molecule has 5 N–H and O–H groups in total. The maximum Gasteiger partial charge on any atom is 0.255 e. The average Bonchev–Trinajstić information content (AvgIpc) is 2.48. The molecule has 22 heavy (non-hydrogen) atoms. The second-order valence-corrected chi connectivity index (χ2v) is 4.97. The maximum atomic E-state index is 10.7. The van der Waals surface area contributed by atoms with Gasteiger partial charge in [-0.1, -0.05) is 6.07 Å². The molecular formula is C15H25N3O4. The number of primary amides is 1. The minimum Gasteiger partial charge on any atom is -0.493 e. The second-order valence-electron chi connectivity index (χ2n) is 4.97. The molecule has 0 heterocycles. The summed E-state index contributed by atoms with van der Waals surface area (Å²) < 4.78 is 10.5. The molecule has 1 aromatic rings. The number of benzene rings is 1. The Kier molecular flexibility index (Phi) is 8.27. The van der Waals surface area contributed by atoms with Gasteiger partial charge in [0.2, 0.25) is 0 Å². The highest BCUT2D eigenvalue weighted by Gasteiger charge is 2.07. The van der Waals surface area contributed by atoms with Crippen LogP contribution < -0.4 is 25.8 Å². The molecule has 1 amide bonds. The molecule has 1 rings (SSSR count). The smallest absolute Gasteiger partial charge is 0.255 e. The molecule has 7 heteroatoms. The summed E-state index contributed by atoms with van der Waals surface area (Å²) in [6.45, 7) is 4.40. The third-order valence-electron chi connectivity index (χ3n) is 2.85. The highest BCUT2D eigenvalue weighted by atomic mass is 16.5. The SMILES string of the molecule is COc1cc(CNCCNCC(C)O)ccc1OCC(N)=O. The van der Waals surface area contributed by atoms with E-state index in [2.05, 4.69) is 10.6 Å². The lowest BCUT2D eigenvalue weighted by molar-refractivity contribution is -0.119. The van der Waals surface area contributed by atoms with Crippen molar-refractivity contribution in [2.45, 2.75) is 19.6 Å². The van der Waals surface area contributed by atoms with E-state index in [1.807, 2.05) is 12.1 Å². The van der Waals surface area contributed by atoms with Crippen molar-refractivity contribution in [3.8, 4) is 11.5 Å². The van der Waals surface area contributed by atoms with Crippen LogP contribution in [0.2, 0.25) is 0 Å². The van der Waals surface area contributed by atoms with Gasteiger partial charge in [0.15, 0.2) is 18.1 Å². The lowest BCUT2D eigenvalue weighted by Crippen LogP contribution is -2.31. The van der Waals surface area contributed by atoms with Gasteiger partial charge in [0.25, 0.3) is 5.91 Å². The zero-order chi connectivity index (χ0) is 16.4. The molecule has 0 aliphatic carbocycles. The first-order valence-corrected chi connectivity index (χ1v) is 7.20. The van der Waals surface area contributed by atoms with Gasteiger partial charge in [-0.15, -0.1) is 0 Å². The first-order valence-electron chi connectivity index (χ1n) is 7.20. The summed E-state index contributed by atoms with van der Waals surface area (Å²) >= 11 is 0. The topological polar surface area (TPSA) is 106 Å². The van der Waals surface area contributed by atoms with Gasteiger partial charge < -0.3 is 30.9 Å². The zero-order valence-electron chi connectivity index (χ0n) is 13.1. The maximum absolute atomic E-state index is 10.7. The van der Waals surface area contributed by atoms with Gasteiger partial charge >= 0.3 is 0 Å². The van der Waals surface area contributed by atoms with Gasteiger partial charge in [-0.2, -0.15) is 0 Å². The number of carbonyl (C=O) groups is 1. The zero-order valence-corrected chi connectivity index (χ0v) is 13.1. The Bertz CT molecular complexity index is 466. The van der Waals surface area contributed by atoms with Crippen LogP contribution in [0.1, 0.15) is 12.5 Å². The summed E-state index contributed by atoms with van der Waals surface area (Å²) in [7, 11) is 1.55. The molecule has 1 unspecified atom stereocenters. The Labute approximate surface area is 130 Å². The first-order chi connectivity index (χ1) is 10.5. The van der Waals surface area contributed by atoms with Crippen LogP contribution in [0.25, 0.3) is 0 Å². The molecule has 7 nitrogen and oxygen atoms in total. The quantitative estimate of drug-likeness (QED) is 0.415. The van der Waals surface area contributed by atoms with E-state index in [9.17, 15) is 4.79 Å². The van der Waals surface area contributed by atoms with Gasteiger partial charge in [0, 0.05) is 26.2 Å². The molecule has 0 fully saturated rings. The van der Waals surface area contributed by atoms with Crippen molar-refractivity contribution >= 4 is 5.91 Å². The third kappa shape index (κ3) is 7.26. The van der Waals surface area contributed by atoms with Gasteiger partial charge in [-0.25, -0.2) is 0 Å². The van der Waals surface area contributed by atoms with Crippen molar-refractivity contribution in [3.05, 3.63) is 23.8 Å². The van der Waals surface area contributed by atoms with E-state index in [0.717, 1.165) is 18.7 Å². The average molecular weight is 311 g/mol. The van der Waals surface area contributed by atoms with E-state index in [1.54, 1.807) is 20.1 Å². The van der Waals surface area contributed by atoms with Gasteiger partial charge in [-0.05, 0) is 24.6 Å². The number of carbonyl (C=O) groups excluding carboxylic acids is 1. The Morgan fingerprint density at radius 3 is 2.68 bits per heavy atom. The van der Waals surface area contributed by atoms with Crippen molar-refractivity contribution in [1.82, 2.24) is 10.6 Å². The summed E-state index contributed by atoms with van der Waals surface area (Å²) in [5.41, 5.74) is 6.09. The summed E-state index contributed by atoms with van der Waals surface area (Å²) in [6.07, 6.45) is -0.336. The molecule has 0 bridgehead atoms. The molecule has 0 saturated carbocycles. The lowest BCUT2D eigenvalue weighted by atomic mass is 10.2. The molecular weight excluding hydrogens is 286 g/mol. The minimum absolute atomic E-state index is 0.178. The summed E-state index contributed by atoms with van der Waals surface area (Å²) in [4.78, 5) is 10.7. The fourth-order valence-corrected chi connectivity index (χ4v) is 1.81. The normalized spacial score (nSPS) is 12.0. The van der Waals surface area contributed by atoms with Gasteiger partial charge in [0.1, 0.15) is 0 Å². The summed E-state index contributed by atoms with van der Waals surface area (Å²) in [5, 5.41) is 15.5. The number of nitrogens with one attached hydrogen (secondary N) is 2. The van der Waals surface area contributed by atoms with Gasteiger partial charge in [-0.3, -0.25) is 4.79 Å². The van der Waals surface area contributed by atoms with E-state index in [4.69, 9.17) is 20.3 Å². The van der Waals surface area contributed by atoms with Crippen molar-refractivity contribution in [1.29, 1.82) is 0 Å².